The van der Waals surface area contributed by atoms with E-state index in [9.17, 15) is 9.90 Å². The van der Waals surface area contributed by atoms with E-state index >= 15 is 0 Å². The van der Waals surface area contributed by atoms with Crippen LogP contribution in [0.3, 0.4) is 0 Å². The van der Waals surface area contributed by atoms with Crippen LogP contribution < -0.4 is 0 Å². The lowest BCUT2D eigenvalue weighted by molar-refractivity contribution is -0.157. The molecule has 3 nitrogen and oxygen atoms in total. The molecule has 0 saturated carbocycles. The second kappa shape index (κ2) is 4.86. The van der Waals surface area contributed by atoms with E-state index < -0.39 is 11.6 Å². The molecule has 0 spiro atoms. The minimum Gasteiger partial charge on any atom is -0.479 e. The Morgan fingerprint density at radius 1 is 1.05 bits per heavy atom. The molecule has 2 aromatic carbocycles. The number of carbonyl (C=O) groups is 1. The summed E-state index contributed by atoms with van der Waals surface area (Å²) in [6, 6.07) is 15.0. The molecule has 0 aliphatic rings. The molecule has 3 heteroatoms. The maximum atomic E-state index is 11.0. The summed E-state index contributed by atoms with van der Waals surface area (Å²) in [6.45, 7) is 3.30. The van der Waals surface area contributed by atoms with Crippen molar-refractivity contribution in [2.24, 2.45) is 0 Å². The number of aryl methyl sites for hydroxylation is 1. The Balaban J connectivity index is 2.36. The quantitative estimate of drug-likeness (QED) is 0.887. The predicted octanol–water partition coefficient (Wildman–Crippen LogP) is 2.95. The highest BCUT2D eigenvalue weighted by Crippen LogP contribution is 2.25. The van der Waals surface area contributed by atoms with Crippen LogP contribution in [0.2, 0.25) is 0 Å². The molecule has 19 heavy (non-hydrogen) atoms. The van der Waals surface area contributed by atoms with Gasteiger partial charge < -0.3 is 10.2 Å². The summed E-state index contributed by atoms with van der Waals surface area (Å²) < 4.78 is 0. The molecular weight excluding hydrogens is 240 g/mol. The molecule has 2 N–H and O–H groups in total. The van der Waals surface area contributed by atoms with Crippen molar-refractivity contribution in [2.75, 3.05) is 0 Å². The third kappa shape index (κ3) is 2.66. The van der Waals surface area contributed by atoms with Crippen LogP contribution in [0.5, 0.6) is 0 Å². The van der Waals surface area contributed by atoms with Gasteiger partial charge in [-0.2, -0.15) is 0 Å². The van der Waals surface area contributed by atoms with E-state index in [4.69, 9.17) is 5.11 Å². The van der Waals surface area contributed by atoms with Crippen LogP contribution in [0.1, 0.15) is 18.1 Å². The Labute approximate surface area is 112 Å². The van der Waals surface area contributed by atoms with Crippen molar-refractivity contribution in [2.45, 2.75) is 19.4 Å². The Hall–Kier alpha value is -2.13. The van der Waals surface area contributed by atoms with Crippen molar-refractivity contribution < 1.29 is 15.0 Å². The van der Waals surface area contributed by atoms with Crippen LogP contribution in [-0.2, 0) is 10.4 Å². The van der Waals surface area contributed by atoms with Crippen LogP contribution in [0.15, 0.2) is 48.5 Å². The summed E-state index contributed by atoms with van der Waals surface area (Å²) in [6.07, 6.45) is 0. The minimum absolute atomic E-state index is 0.372. The zero-order valence-electron chi connectivity index (χ0n) is 10.9. The number of hydrogen-bond donors (Lipinski definition) is 2. The lowest BCUT2D eigenvalue weighted by atomic mass is 9.94. The van der Waals surface area contributed by atoms with E-state index in [-0.39, 0.29) is 0 Å². The average Bonchev–Trinajstić information content (AvgIpc) is 2.38. The van der Waals surface area contributed by atoms with Crippen molar-refractivity contribution >= 4 is 5.97 Å². The van der Waals surface area contributed by atoms with Gasteiger partial charge in [0.1, 0.15) is 0 Å². The monoisotopic (exact) mass is 256 g/mol. The fourth-order valence-electron chi connectivity index (χ4n) is 1.94. The topological polar surface area (TPSA) is 57.5 Å². The first-order chi connectivity index (χ1) is 8.91. The van der Waals surface area contributed by atoms with E-state index in [2.05, 4.69) is 6.07 Å². The van der Waals surface area contributed by atoms with Gasteiger partial charge in [0.05, 0.1) is 0 Å². The first-order valence-corrected chi connectivity index (χ1v) is 6.04. The Morgan fingerprint density at radius 2 is 1.68 bits per heavy atom. The second-order valence-electron chi connectivity index (χ2n) is 4.82. The van der Waals surface area contributed by atoms with Crippen LogP contribution in [-0.4, -0.2) is 16.2 Å². The fraction of sp³-hybridized carbons (Fsp3) is 0.188. The average molecular weight is 256 g/mol. The van der Waals surface area contributed by atoms with E-state index in [0.29, 0.717) is 5.56 Å². The Morgan fingerprint density at radius 3 is 2.21 bits per heavy atom. The van der Waals surface area contributed by atoms with Gasteiger partial charge in [0.25, 0.3) is 0 Å². The molecule has 0 amide bonds. The number of aliphatic carboxylic acids is 1. The number of carboxylic acids is 1. The molecular formula is C16H16O3. The molecule has 2 aromatic rings. The Kier molecular flexibility index (Phi) is 3.40. The highest BCUT2D eigenvalue weighted by Gasteiger charge is 2.31. The van der Waals surface area contributed by atoms with Crippen molar-refractivity contribution in [3.05, 3.63) is 59.7 Å². The summed E-state index contributed by atoms with van der Waals surface area (Å²) >= 11 is 0. The van der Waals surface area contributed by atoms with E-state index in [1.165, 1.54) is 12.5 Å². The lowest BCUT2D eigenvalue weighted by Gasteiger charge is -2.18. The molecule has 0 aliphatic carbocycles. The number of benzene rings is 2. The predicted molar refractivity (Wildman–Crippen MR) is 73.8 cm³/mol. The third-order valence-electron chi connectivity index (χ3n) is 3.21. The van der Waals surface area contributed by atoms with Gasteiger partial charge in [0, 0.05) is 0 Å². The summed E-state index contributed by atoms with van der Waals surface area (Å²) in [5.41, 5.74) is 1.75. The largest absolute Gasteiger partial charge is 0.479 e. The maximum absolute atomic E-state index is 11.0. The minimum atomic E-state index is -1.86. The molecule has 0 aliphatic heterocycles. The van der Waals surface area contributed by atoms with Gasteiger partial charge in [-0.25, -0.2) is 4.79 Å². The first-order valence-electron chi connectivity index (χ1n) is 6.04. The zero-order valence-corrected chi connectivity index (χ0v) is 10.9. The molecule has 0 bridgehead atoms. The van der Waals surface area contributed by atoms with E-state index in [1.807, 2.05) is 37.3 Å². The van der Waals surface area contributed by atoms with Gasteiger partial charge in [0.2, 0.25) is 0 Å². The van der Waals surface area contributed by atoms with Gasteiger partial charge in [-0.1, -0.05) is 54.1 Å². The van der Waals surface area contributed by atoms with Crippen molar-refractivity contribution in [3.8, 4) is 11.1 Å². The molecule has 0 fully saturated rings. The molecule has 0 heterocycles. The van der Waals surface area contributed by atoms with Crippen molar-refractivity contribution in [1.29, 1.82) is 0 Å². The highest BCUT2D eigenvalue weighted by molar-refractivity contribution is 5.79. The molecule has 1 atom stereocenters. The van der Waals surface area contributed by atoms with Gasteiger partial charge in [0.15, 0.2) is 5.60 Å². The standard InChI is InChI=1S/C16H16O3/c1-11-4-3-5-13(10-11)12-6-8-14(9-7-12)16(2,19)15(17)18/h3-10,19H,1-2H3,(H,17,18). The number of aliphatic hydroxyl groups is 1. The summed E-state index contributed by atoms with van der Waals surface area (Å²) in [4.78, 5) is 11.0. The maximum Gasteiger partial charge on any atom is 0.340 e. The molecule has 0 radical (unpaired) electrons. The molecule has 0 saturated heterocycles. The number of rotatable bonds is 3. The summed E-state index contributed by atoms with van der Waals surface area (Å²) in [5.74, 6) is -1.25. The van der Waals surface area contributed by atoms with E-state index in [0.717, 1.165) is 11.1 Å². The number of carboxylic acid groups (broad SMARTS) is 1. The highest BCUT2D eigenvalue weighted by atomic mass is 16.4. The van der Waals surface area contributed by atoms with E-state index in [1.54, 1.807) is 12.1 Å². The van der Waals surface area contributed by atoms with Crippen molar-refractivity contribution in [1.82, 2.24) is 0 Å². The third-order valence-corrected chi connectivity index (χ3v) is 3.21. The lowest BCUT2D eigenvalue weighted by Crippen LogP contribution is -2.31. The van der Waals surface area contributed by atoms with Crippen molar-refractivity contribution in [3.63, 3.8) is 0 Å². The van der Waals surface area contributed by atoms with Crippen LogP contribution in [0.25, 0.3) is 11.1 Å². The van der Waals surface area contributed by atoms with Crippen LogP contribution in [0.4, 0.5) is 0 Å². The SMILES string of the molecule is Cc1cccc(-c2ccc(C(C)(O)C(=O)O)cc2)c1. The molecule has 2 rings (SSSR count). The smallest absolute Gasteiger partial charge is 0.340 e. The first kappa shape index (κ1) is 13.3. The Bertz CT molecular complexity index is 598. The van der Waals surface area contributed by atoms with Gasteiger partial charge in [-0.05, 0) is 30.5 Å². The molecule has 0 aromatic heterocycles. The summed E-state index contributed by atoms with van der Waals surface area (Å²) in [5, 5.41) is 18.8. The second-order valence-corrected chi connectivity index (χ2v) is 4.82. The number of hydrogen-bond acceptors (Lipinski definition) is 2. The van der Waals surface area contributed by atoms with Gasteiger partial charge >= 0.3 is 5.97 Å². The molecule has 1 unspecified atom stereocenters. The fourth-order valence-corrected chi connectivity index (χ4v) is 1.94. The van der Waals surface area contributed by atoms with Gasteiger partial charge in [-0.15, -0.1) is 0 Å². The summed E-state index contributed by atoms with van der Waals surface area (Å²) in [7, 11) is 0. The zero-order chi connectivity index (χ0) is 14.0. The van der Waals surface area contributed by atoms with Crippen LogP contribution >= 0.6 is 0 Å². The van der Waals surface area contributed by atoms with Gasteiger partial charge in [-0.3, -0.25) is 0 Å². The molecule has 98 valence electrons. The normalized spacial score (nSPS) is 13.8. The van der Waals surface area contributed by atoms with Crippen LogP contribution in [0, 0.1) is 6.92 Å².